The SMILES string of the molecule is CN(C)C(=O)c1cc2nc(N3CCC[C@@H](N(C(=O)O)C(C)(C)C)C3)n(Cc3ccccc3Cl)c2c(=O)[nH]1. The molecule has 11 heteroatoms. The Hall–Kier alpha value is -3.53. The largest absolute Gasteiger partial charge is 0.465 e. The zero-order valence-corrected chi connectivity index (χ0v) is 22.5. The number of aromatic amines is 1. The highest BCUT2D eigenvalue weighted by atomic mass is 35.5. The number of pyridine rings is 1. The van der Waals surface area contributed by atoms with E-state index >= 15 is 0 Å². The summed E-state index contributed by atoms with van der Waals surface area (Å²) in [6, 6.07) is 8.74. The van der Waals surface area contributed by atoms with Crippen LogP contribution in [0.4, 0.5) is 10.7 Å². The van der Waals surface area contributed by atoms with Crippen molar-refractivity contribution in [3.63, 3.8) is 0 Å². The van der Waals surface area contributed by atoms with Crippen LogP contribution in [-0.4, -0.2) is 80.2 Å². The molecule has 0 unspecified atom stereocenters. The normalized spacial score (nSPS) is 16.2. The van der Waals surface area contributed by atoms with Crippen molar-refractivity contribution in [3.05, 3.63) is 57.0 Å². The number of benzene rings is 1. The number of imidazole rings is 1. The van der Waals surface area contributed by atoms with Gasteiger partial charge in [-0.25, -0.2) is 9.78 Å². The molecule has 2 amide bonds. The van der Waals surface area contributed by atoms with Crippen molar-refractivity contribution >= 4 is 40.6 Å². The molecule has 1 atom stereocenters. The molecular formula is C26H33ClN6O4. The van der Waals surface area contributed by atoms with Crippen molar-refractivity contribution in [2.75, 3.05) is 32.1 Å². The molecule has 0 radical (unpaired) electrons. The summed E-state index contributed by atoms with van der Waals surface area (Å²) in [5, 5.41) is 10.5. The van der Waals surface area contributed by atoms with Crippen molar-refractivity contribution < 1.29 is 14.7 Å². The number of carbonyl (C=O) groups excluding carboxylic acids is 1. The number of nitrogens with zero attached hydrogens (tertiary/aromatic N) is 5. The van der Waals surface area contributed by atoms with Crippen LogP contribution >= 0.6 is 11.6 Å². The summed E-state index contributed by atoms with van der Waals surface area (Å²) in [5.74, 6) is 0.209. The van der Waals surface area contributed by atoms with E-state index in [9.17, 15) is 19.5 Å². The number of hydrogen-bond acceptors (Lipinski definition) is 5. The van der Waals surface area contributed by atoms with E-state index in [-0.39, 0.29) is 17.6 Å². The van der Waals surface area contributed by atoms with Crippen molar-refractivity contribution in [2.45, 2.75) is 51.7 Å². The van der Waals surface area contributed by atoms with Crippen molar-refractivity contribution in [1.82, 2.24) is 24.3 Å². The summed E-state index contributed by atoms with van der Waals surface area (Å²) < 4.78 is 1.81. The van der Waals surface area contributed by atoms with E-state index in [0.29, 0.717) is 41.6 Å². The van der Waals surface area contributed by atoms with Crippen LogP contribution in [0.3, 0.4) is 0 Å². The summed E-state index contributed by atoms with van der Waals surface area (Å²) in [7, 11) is 3.23. The van der Waals surface area contributed by atoms with Crippen molar-refractivity contribution in [3.8, 4) is 0 Å². The first-order chi connectivity index (χ1) is 17.4. The Balaban J connectivity index is 1.84. The molecule has 2 aromatic heterocycles. The lowest BCUT2D eigenvalue weighted by Gasteiger charge is -2.44. The number of carbonyl (C=O) groups is 2. The van der Waals surface area contributed by atoms with Crippen LogP contribution in [0.5, 0.6) is 0 Å². The van der Waals surface area contributed by atoms with E-state index in [1.54, 1.807) is 26.2 Å². The summed E-state index contributed by atoms with van der Waals surface area (Å²) >= 11 is 6.47. The lowest BCUT2D eigenvalue weighted by atomic mass is 9.98. The van der Waals surface area contributed by atoms with E-state index < -0.39 is 17.2 Å². The summed E-state index contributed by atoms with van der Waals surface area (Å²) in [6.45, 7) is 7.03. The predicted molar refractivity (Wildman–Crippen MR) is 144 cm³/mol. The average molecular weight is 529 g/mol. The van der Waals surface area contributed by atoms with Crippen LogP contribution in [-0.2, 0) is 6.54 Å². The standard InChI is InChI=1S/C26H33ClN6O4/c1-26(2,3)33(25(36)37)17-10-8-12-31(15-17)24-29-19-13-20(23(35)30(4)5)28-22(34)21(19)32(24)14-16-9-6-7-11-18(16)27/h6-7,9,11,13,17H,8,10,12,14-15H2,1-5H3,(H,28,34)(H,36,37)/t17-/m1/s1. The number of amides is 2. The van der Waals surface area contributed by atoms with Gasteiger partial charge in [0.1, 0.15) is 11.2 Å². The highest BCUT2D eigenvalue weighted by Crippen LogP contribution is 2.30. The van der Waals surface area contributed by atoms with Gasteiger partial charge in [0.15, 0.2) is 0 Å². The maximum Gasteiger partial charge on any atom is 0.408 e. The Morgan fingerprint density at radius 2 is 1.95 bits per heavy atom. The van der Waals surface area contributed by atoms with E-state index in [0.717, 1.165) is 18.4 Å². The van der Waals surface area contributed by atoms with Gasteiger partial charge in [0.25, 0.3) is 11.5 Å². The first-order valence-corrected chi connectivity index (χ1v) is 12.6. The highest BCUT2D eigenvalue weighted by Gasteiger charge is 2.37. The summed E-state index contributed by atoms with van der Waals surface area (Å²) in [5.41, 5.74) is 0.687. The number of hydrogen-bond donors (Lipinski definition) is 2. The maximum absolute atomic E-state index is 13.3. The lowest BCUT2D eigenvalue weighted by Crippen LogP contribution is -2.57. The van der Waals surface area contributed by atoms with Crippen molar-refractivity contribution in [2.24, 2.45) is 0 Å². The van der Waals surface area contributed by atoms with E-state index in [1.807, 2.05) is 48.4 Å². The van der Waals surface area contributed by atoms with Gasteiger partial charge in [0.05, 0.1) is 18.1 Å². The van der Waals surface area contributed by atoms with Crippen molar-refractivity contribution in [1.29, 1.82) is 0 Å². The number of aromatic nitrogens is 3. The minimum Gasteiger partial charge on any atom is -0.465 e. The molecule has 1 fully saturated rings. The topological polar surface area (TPSA) is 115 Å². The molecule has 2 N–H and O–H groups in total. The Labute approximate surface area is 220 Å². The van der Waals surface area contributed by atoms with Crippen LogP contribution in [0.15, 0.2) is 35.1 Å². The second kappa shape index (κ2) is 10.1. The van der Waals surface area contributed by atoms with E-state index in [2.05, 4.69) is 4.98 Å². The van der Waals surface area contributed by atoms with E-state index in [1.165, 1.54) is 9.80 Å². The Morgan fingerprint density at radius 1 is 1.24 bits per heavy atom. The molecule has 0 saturated carbocycles. The van der Waals surface area contributed by atoms with Crippen LogP contribution in [0.2, 0.25) is 5.02 Å². The number of fused-ring (bicyclic) bond motifs is 1. The smallest absolute Gasteiger partial charge is 0.408 e. The fourth-order valence-corrected chi connectivity index (χ4v) is 5.23. The third-order valence-electron chi connectivity index (χ3n) is 6.61. The zero-order valence-electron chi connectivity index (χ0n) is 21.8. The second-order valence-electron chi connectivity index (χ2n) is 10.6. The first-order valence-electron chi connectivity index (χ1n) is 12.2. The minimum atomic E-state index is -0.966. The monoisotopic (exact) mass is 528 g/mol. The van der Waals surface area contributed by atoms with Crippen LogP contribution < -0.4 is 10.5 Å². The molecule has 3 aromatic rings. The molecule has 1 aromatic carbocycles. The lowest BCUT2D eigenvalue weighted by molar-refractivity contribution is 0.0645. The third-order valence-corrected chi connectivity index (χ3v) is 6.98. The maximum atomic E-state index is 13.3. The Bertz CT molecular complexity index is 1390. The Morgan fingerprint density at radius 3 is 2.57 bits per heavy atom. The van der Waals surface area contributed by atoms with Gasteiger partial charge in [-0.1, -0.05) is 29.8 Å². The summed E-state index contributed by atoms with van der Waals surface area (Å²) in [4.78, 5) is 50.5. The van der Waals surface area contributed by atoms with Gasteiger partial charge < -0.3 is 24.5 Å². The third kappa shape index (κ3) is 5.29. The Kier molecular flexibility index (Phi) is 7.23. The molecule has 198 valence electrons. The van der Waals surface area contributed by atoms with Gasteiger partial charge in [-0.2, -0.15) is 0 Å². The van der Waals surface area contributed by atoms with Gasteiger partial charge in [-0.05, 0) is 51.3 Å². The van der Waals surface area contributed by atoms with Gasteiger partial charge in [-0.3, -0.25) is 14.5 Å². The van der Waals surface area contributed by atoms with Crippen LogP contribution in [0.25, 0.3) is 11.0 Å². The van der Waals surface area contributed by atoms with Gasteiger partial charge >= 0.3 is 6.09 Å². The summed E-state index contributed by atoms with van der Waals surface area (Å²) in [6.07, 6.45) is 0.528. The molecule has 37 heavy (non-hydrogen) atoms. The number of rotatable bonds is 5. The zero-order chi connectivity index (χ0) is 27.1. The molecule has 10 nitrogen and oxygen atoms in total. The number of H-pyrrole nitrogens is 1. The molecule has 1 saturated heterocycles. The fourth-order valence-electron chi connectivity index (χ4n) is 5.04. The second-order valence-corrected chi connectivity index (χ2v) is 11.0. The quantitative estimate of drug-likeness (QED) is 0.519. The number of piperidine rings is 1. The first kappa shape index (κ1) is 26.5. The predicted octanol–water partition coefficient (Wildman–Crippen LogP) is 3.88. The molecule has 0 bridgehead atoms. The van der Waals surface area contributed by atoms with Gasteiger partial charge in [-0.15, -0.1) is 0 Å². The molecular weight excluding hydrogens is 496 g/mol. The fraction of sp³-hybridized carbons (Fsp3) is 0.462. The molecule has 4 rings (SSSR count). The minimum absolute atomic E-state index is 0.151. The highest BCUT2D eigenvalue weighted by molar-refractivity contribution is 6.31. The van der Waals surface area contributed by atoms with Crippen LogP contribution in [0, 0.1) is 0 Å². The average Bonchev–Trinajstić information content (AvgIpc) is 3.17. The number of anilines is 1. The molecule has 0 aliphatic carbocycles. The number of halogens is 1. The van der Waals surface area contributed by atoms with Gasteiger partial charge in [0, 0.05) is 37.7 Å². The molecule has 1 aliphatic heterocycles. The number of nitrogens with one attached hydrogen (secondary N) is 1. The van der Waals surface area contributed by atoms with Crippen LogP contribution in [0.1, 0.15) is 49.7 Å². The number of carboxylic acid groups (broad SMARTS) is 1. The van der Waals surface area contributed by atoms with Gasteiger partial charge in [0.2, 0.25) is 5.95 Å². The molecule has 1 aliphatic rings. The molecule has 0 spiro atoms. The van der Waals surface area contributed by atoms with E-state index in [4.69, 9.17) is 16.6 Å². The molecule has 3 heterocycles.